The maximum Gasteiger partial charge on any atom is 0.359 e. The highest BCUT2D eigenvalue weighted by molar-refractivity contribution is 5.96. The molecule has 0 unspecified atom stereocenters. The monoisotopic (exact) mass is 341 g/mol. The molecule has 1 aromatic carbocycles. The van der Waals surface area contributed by atoms with Crippen molar-refractivity contribution in [2.24, 2.45) is 0 Å². The minimum Gasteiger partial charge on any atom is -0.448 e. The third-order valence-electron chi connectivity index (χ3n) is 3.65. The molecule has 0 radical (unpaired) electrons. The molecule has 1 atom stereocenters. The van der Waals surface area contributed by atoms with Crippen LogP contribution in [-0.4, -0.2) is 27.4 Å². The molecule has 2 heterocycles. The van der Waals surface area contributed by atoms with Gasteiger partial charge < -0.3 is 14.5 Å². The lowest BCUT2D eigenvalue weighted by Crippen LogP contribution is -2.30. The fraction of sp³-hybridized carbons (Fsp3) is 0.167. The molecule has 3 aromatic rings. The van der Waals surface area contributed by atoms with Crippen molar-refractivity contribution in [2.75, 3.05) is 5.32 Å². The van der Waals surface area contributed by atoms with Crippen LogP contribution in [0.2, 0.25) is 0 Å². The van der Waals surface area contributed by atoms with E-state index in [9.17, 15) is 14.0 Å². The number of fused-ring (bicyclic) bond motifs is 1. The fourth-order valence-corrected chi connectivity index (χ4v) is 2.33. The van der Waals surface area contributed by atoms with Crippen molar-refractivity contribution in [3.8, 4) is 0 Å². The molecular formula is C18H16FN3O3. The number of aryl methyl sites for hydroxylation is 1. The van der Waals surface area contributed by atoms with Crippen molar-refractivity contribution in [3.63, 3.8) is 0 Å². The van der Waals surface area contributed by atoms with Crippen molar-refractivity contribution in [3.05, 3.63) is 65.9 Å². The van der Waals surface area contributed by atoms with Crippen LogP contribution in [0.15, 0.2) is 48.7 Å². The van der Waals surface area contributed by atoms with E-state index in [4.69, 9.17) is 4.74 Å². The third-order valence-corrected chi connectivity index (χ3v) is 3.65. The van der Waals surface area contributed by atoms with E-state index in [1.165, 1.54) is 25.1 Å². The second-order valence-corrected chi connectivity index (χ2v) is 5.57. The zero-order chi connectivity index (χ0) is 18.0. The van der Waals surface area contributed by atoms with E-state index in [0.717, 1.165) is 5.69 Å². The fourth-order valence-electron chi connectivity index (χ4n) is 2.33. The van der Waals surface area contributed by atoms with Gasteiger partial charge in [0.1, 0.15) is 11.5 Å². The zero-order valence-corrected chi connectivity index (χ0v) is 13.7. The summed E-state index contributed by atoms with van der Waals surface area (Å²) in [6.45, 7) is 3.33. The van der Waals surface area contributed by atoms with Gasteiger partial charge in [-0.15, -0.1) is 0 Å². The van der Waals surface area contributed by atoms with Crippen LogP contribution in [0.3, 0.4) is 0 Å². The van der Waals surface area contributed by atoms with Crippen molar-refractivity contribution in [2.45, 2.75) is 20.0 Å². The second-order valence-electron chi connectivity index (χ2n) is 5.57. The number of carbonyl (C=O) groups excluding carboxylic acids is 2. The van der Waals surface area contributed by atoms with Gasteiger partial charge in [0.25, 0.3) is 5.91 Å². The lowest BCUT2D eigenvalue weighted by Gasteiger charge is -2.12. The average Bonchev–Trinajstić information content (AvgIpc) is 3.00. The molecule has 3 rings (SSSR count). The van der Waals surface area contributed by atoms with Gasteiger partial charge in [0.2, 0.25) is 0 Å². The summed E-state index contributed by atoms with van der Waals surface area (Å²) in [6, 6.07) is 11.0. The van der Waals surface area contributed by atoms with Crippen molar-refractivity contribution in [1.29, 1.82) is 0 Å². The number of ether oxygens (including phenoxy) is 1. The Morgan fingerprint density at radius 3 is 2.72 bits per heavy atom. The van der Waals surface area contributed by atoms with Crippen LogP contribution < -0.4 is 5.32 Å². The van der Waals surface area contributed by atoms with Gasteiger partial charge in [-0.3, -0.25) is 4.79 Å². The molecule has 0 saturated heterocycles. The van der Waals surface area contributed by atoms with Gasteiger partial charge in [-0.1, -0.05) is 12.1 Å². The zero-order valence-electron chi connectivity index (χ0n) is 13.7. The van der Waals surface area contributed by atoms with Gasteiger partial charge in [0.15, 0.2) is 11.8 Å². The number of nitrogens with zero attached hydrogens (tertiary/aromatic N) is 2. The Morgan fingerprint density at radius 1 is 1.24 bits per heavy atom. The second kappa shape index (κ2) is 6.72. The number of aromatic nitrogens is 2. The first-order chi connectivity index (χ1) is 11.9. The quantitative estimate of drug-likeness (QED) is 0.741. The highest BCUT2D eigenvalue weighted by Crippen LogP contribution is 2.12. The summed E-state index contributed by atoms with van der Waals surface area (Å²) >= 11 is 0. The van der Waals surface area contributed by atoms with Crippen LogP contribution in [-0.2, 0) is 9.53 Å². The first-order valence-corrected chi connectivity index (χ1v) is 7.66. The van der Waals surface area contributed by atoms with Gasteiger partial charge in [-0.05, 0) is 44.2 Å². The van der Waals surface area contributed by atoms with Crippen LogP contribution in [0.25, 0.3) is 5.65 Å². The maximum absolute atomic E-state index is 13.1. The summed E-state index contributed by atoms with van der Waals surface area (Å²) in [6.07, 6.45) is 0.506. The predicted octanol–water partition coefficient (Wildman–Crippen LogP) is 2.97. The lowest BCUT2D eigenvalue weighted by molar-refractivity contribution is -0.123. The van der Waals surface area contributed by atoms with E-state index in [2.05, 4.69) is 10.3 Å². The number of halogens is 1. The van der Waals surface area contributed by atoms with Crippen LogP contribution in [0.5, 0.6) is 0 Å². The Hall–Kier alpha value is -3.22. The number of nitrogens with one attached hydrogen (secondary N) is 1. The number of hydrogen-bond acceptors (Lipinski definition) is 4. The Morgan fingerprint density at radius 2 is 2.00 bits per heavy atom. The SMILES string of the molecule is Cc1cccc2nc(C(=O)O[C@H](C)C(=O)Nc3cccc(F)c3)cn12. The van der Waals surface area contributed by atoms with Crippen LogP contribution >= 0.6 is 0 Å². The smallest absolute Gasteiger partial charge is 0.359 e. The van der Waals surface area contributed by atoms with Gasteiger partial charge in [-0.2, -0.15) is 0 Å². The minimum absolute atomic E-state index is 0.111. The number of rotatable bonds is 4. The number of benzene rings is 1. The lowest BCUT2D eigenvalue weighted by atomic mass is 10.3. The number of amides is 1. The maximum atomic E-state index is 13.1. The highest BCUT2D eigenvalue weighted by Gasteiger charge is 2.21. The van der Waals surface area contributed by atoms with Crippen LogP contribution in [0.1, 0.15) is 23.1 Å². The van der Waals surface area contributed by atoms with E-state index in [-0.39, 0.29) is 11.4 Å². The molecular weight excluding hydrogens is 325 g/mol. The molecule has 6 nitrogen and oxygen atoms in total. The molecule has 0 fully saturated rings. The minimum atomic E-state index is -1.05. The number of imidazole rings is 1. The molecule has 0 aliphatic carbocycles. The summed E-state index contributed by atoms with van der Waals surface area (Å²) in [5.74, 6) is -1.73. The molecule has 7 heteroatoms. The predicted molar refractivity (Wildman–Crippen MR) is 89.8 cm³/mol. The topological polar surface area (TPSA) is 72.7 Å². The standard InChI is InChI=1S/C18H16FN3O3/c1-11-5-3-8-16-21-15(10-22(11)16)18(24)25-12(2)17(23)20-14-7-4-6-13(19)9-14/h3-10,12H,1-2H3,(H,20,23)/t12-/m1/s1. The molecule has 0 aliphatic rings. The molecule has 128 valence electrons. The summed E-state index contributed by atoms with van der Waals surface area (Å²) in [7, 11) is 0. The van der Waals surface area contributed by atoms with E-state index < -0.39 is 23.8 Å². The molecule has 0 saturated carbocycles. The van der Waals surface area contributed by atoms with Gasteiger partial charge in [-0.25, -0.2) is 14.2 Å². The molecule has 0 bridgehead atoms. The largest absolute Gasteiger partial charge is 0.448 e. The molecule has 2 aromatic heterocycles. The van der Waals surface area contributed by atoms with E-state index >= 15 is 0 Å². The van der Waals surface area contributed by atoms with Crippen molar-refractivity contribution < 1.29 is 18.7 Å². The molecule has 0 spiro atoms. The normalized spacial score (nSPS) is 12.0. The Kier molecular flexibility index (Phi) is 4.47. The van der Waals surface area contributed by atoms with Crippen LogP contribution in [0, 0.1) is 12.7 Å². The van der Waals surface area contributed by atoms with Gasteiger partial charge in [0.05, 0.1) is 0 Å². The van der Waals surface area contributed by atoms with Crippen molar-refractivity contribution in [1.82, 2.24) is 9.38 Å². The molecule has 25 heavy (non-hydrogen) atoms. The number of carbonyl (C=O) groups is 2. The van der Waals surface area contributed by atoms with E-state index in [1.807, 2.05) is 19.1 Å². The highest BCUT2D eigenvalue weighted by atomic mass is 19.1. The molecule has 1 N–H and O–H groups in total. The number of anilines is 1. The van der Waals surface area contributed by atoms with Crippen molar-refractivity contribution >= 4 is 23.2 Å². The summed E-state index contributed by atoms with van der Waals surface area (Å²) in [5.41, 5.74) is 1.93. The molecule has 0 aliphatic heterocycles. The number of hydrogen-bond donors (Lipinski definition) is 1. The Bertz CT molecular complexity index is 952. The number of pyridine rings is 1. The van der Waals surface area contributed by atoms with E-state index in [0.29, 0.717) is 5.65 Å². The first kappa shape index (κ1) is 16.6. The summed E-state index contributed by atoms with van der Waals surface area (Å²) < 4.78 is 20.0. The summed E-state index contributed by atoms with van der Waals surface area (Å²) in [4.78, 5) is 28.5. The Labute approximate surface area is 143 Å². The van der Waals surface area contributed by atoms with Gasteiger partial charge in [0, 0.05) is 17.6 Å². The average molecular weight is 341 g/mol. The Balaban J connectivity index is 1.68. The first-order valence-electron chi connectivity index (χ1n) is 7.66. The summed E-state index contributed by atoms with van der Waals surface area (Å²) in [5, 5.41) is 2.49. The van der Waals surface area contributed by atoms with E-state index in [1.54, 1.807) is 22.7 Å². The molecule has 1 amide bonds. The van der Waals surface area contributed by atoms with Crippen LogP contribution in [0.4, 0.5) is 10.1 Å². The van der Waals surface area contributed by atoms with Gasteiger partial charge >= 0.3 is 5.97 Å². The third kappa shape index (κ3) is 3.65. The number of esters is 1.